The lowest BCUT2D eigenvalue weighted by atomic mass is 11.0. The van der Waals surface area contributed by atoms with Crippen LogP contribution in [0.15, 0.2) is 0 Å². The fraction of sp³-hybridized carbons (Fsp3) is 0.333. The Morgan fingerprint density at radius 3 is 1.50 bits per heavy atom. The Kier molecular flexibility index (Phi) is 13.3. The third-order valence-electron chi connectivity index (χ3n) is 0. The summed E-state index contributed by atoms with van der Waals surface area (Å²) in [6.07, 6.45) is -1.83. The summed E-state index contributed by atoms with van der Waals surface area (Å²) >= 11 is 0. The fourth-order valence-electron chi connectivity index (χ4n) is 0. The van der Waals surface area contributed by atoms with E-state index in [9.17, 15) is 0 Å². The van der Waals surface area contributed by atoms with Gasteiger partial charge in [-0.15, -0.1) is 0 Å². The molecular formula is C3H7O3. The van der Waals surface area contributed by atoms with Gasteiger partial charge in [0.25, 0.3) is 0 Å². The molecule has 0 rings (SSSR count). The molecule has 0 aromatic rings. The first kappa shape index (κ1) is 8.99. The lowest BCUT2D eigenvalue weighted by Gasteiger charge is -1.60. The zero-order chi connectivity index (χ0) is 5.58. The summed E-state index contributed by atoms with van der Waals surface area (Å²) < 4.78 is 0. The van der Waals surface area contributed by atoms with Gasteiger partial charge in [-0.2, -0.15) is 0 Å². The van der Waals surface area contributed by atoms with Crippen molar-refractivity contribution in [3.8, 4) is 0 Å². The second-order valence-electron chi connectivity index (χ2n) is 0.283. The summed E-state index contributed by atoms with van der Waals surface area (Å²) in [4.78, 5) is 8.56. The van der Waals surface area contributed by atoms with E-state index in [1.807, 2.05) is 0 Å². The van der Waals surface area contributed by atoms with Gasteiger partial charge in [0.15, 0.2) is 0 Å². The molecular weight excluding hydrogens is 84.0 g/mol. The van der Waals surface area contributed by atoms with E-state index in [1.54, 1.807) is 6.92 Å². The van der Waals surface area contributed by atoms with Crippen molar-refractivity contribution >= 4 is 6.16 Å². The minimum atomic E-state index is -1.83. The quantitative estimate of drug-likeness (QED) is 0.468. The highest BCUT2D eigenvalue weighted by Crippen LogP contribution is 1.42. The Balaban J connectivity index is 0. The maximum absolute atomic E-state index is 8.56. The largest absolute Gasteiger partial charge is 0.503 e. The van der Waals surface area contributed by atoms with Crippen LogP contribution in [0.2, 0.25) is 0 Å². The molecule has 0 spiro atoms. The van der Waals surface area contributed by atoms with Gasteiger partial charge < -0.3 is 10.2 Å². The van der Waals surface area contributed by atoms with Gasteiger partial charge in [-0.25, -0.2) is 4.79 Å². The van der Waals surface area contributed by atoms with Gasteiger partial charge in [-0.3, -0.25) is 0 Å². The van der Waals surface area contributed by atoms with Crippen LogP contribution in [-0.4, -0.2) is 16.4 Å². The summed E-state index contributed by atoms with van der Waals surface area (Å²) in [5, 5.41) is 13.9. The van der Waals surface area contributed by atoms with E-state index in [0.717, 1.165) is 0 Å². The van der Waals surface area contributed by atoms with Crippen molar-refractivity contribution in [3.63, 3.8) is 0 Å². The SMILES string of the molecule is O=C(O)O.[CH2]C. The van der Waals surface area contributed by atoms with Crippen LogP contribution in [0.5, 0.6) is 0 Å². The van der Waals surface area contributed by atoms with Gasteiger partial charge in [0.05, 0.1) is 0 Å². The maximum atomic E-state index is 8.56. The maximum Gasteiger partial charge on any atom is 0.503 e. The molecule has 37 valence electrons. The topological polar surface area (TPSA) is 57.5 Å². The lowest BCUT2D eigenvalue weighted by molar-refractivity contribution is 0.137. The molecule has 0 aliphatic heterocycles. The van der Waals surface area contributed by atoms with E-state index < -0.39 is 6.16 Å². The molecule has 0 aromatic carbocycles. The average molecular weight is 91.1 g/mol. The normalized spacial score (nSPS) is 5.00. The van der Waals surface area contributed by atoms with E-state index in [-0.39, 0.29) is 0 Å². The van der Waals surface area contributed by atoms with Crippen molar-refractivity contribution in [1.29, 1.82) is 0 Å². The van der Waals surface area contributed by atoms with E-state index in [2.05, 4.69) is 6.92 Å². The van der Waals surface area contributed by atoms with E-state index in [1.165, 1.54) is 0 Å². The number of hydrogen-bond donors (Lipinski definition) is 2. The van der Waals surface area contributed by atoms with Gasteiger partial charge in [-0.05, 0) is 0 Å². The fourth-order valence-corrected chi connectivity index (χ4v) is 0. The average Bonchev–Trinajstić information content (AvgIpc) is 1.41. The van der Waals surface area contributed by atoms with Gasteiger partial charge in [0.1, 0.15) is 0 Å². The summed E-state index contributed by atoms with van der Waals surface area (Å²) in [6.45, 7) is 5.00. The molecule has 0 aromatic heterocycles. The summed E-state index contributed by atoms with van der Waals surface area (Å²) in [6, 6.07) is 0. The number of hydrogen-bond acceptors (Lipinski definition) is 1. The Bertz CT molecular complexity index is 29.0. The standard InChI is InChI=1S/C2H5.CH2O3/c1-2;2-1(3)4/h1H2,2H3;(H2,2,3,4). The van der Waals surface area contributed by atoms with Crippen LogP contribution in [-0.2, 0) is 0 Å². The monoisotopic (exact) mass is 91.0 g/mol. The van der Waals surface area contributed by atoms with Gasteiger partial charge in [0.2, 0.25) is 0 Å². The second-order valence-corrected chi connectivity index (χ2v) is 0.283. The second kappa shape index (κ2) is 8.86. The molecule has 0 saturated heterocycles. The highest BCUT2D eigenvalue weighted by molar-refractivity contribution is 5.53. The smallest absolute Gasteiger partial charge is 0.450 e. The molecule has 6 heavy (non-hydrogen) atoms. The molecule has 0 amide bonds. The van der Waals surface area contributed by atoms with E-state index >= 15 is 0 Å². The van der Waals surface area contributed by atoms with Crippen molar-refractivity contribution in [1.82, 2.24) is 0 Å². The van der Waals surface area contributed by atoms with Crippen LogP contribution in [0.4, 0.5) is 4.79 Å². The van der Waals surface area contributed by atoms with Crippen molar-refractivity contribution in [2.45, 2.75) is 6.92 Å². The van der Waals surface area contributed by atoms with Gasteiger partial charge >= 0.3 is 6.16 Å². The van der Waals surface area contributed by atoms with Crippen molar-refractivity contribution < 1.29 is 15.0 Å². The highest BCUT2D eigenvalue weighted by Gasteiger charge is 1.70. The molecule has 2 N–H and O–H groups in total. The molecule has 0 atom stereocenters. The number of rotatable bonds is 0. The first-order valence-corrected chi connectivity index (χ1v) is 1.36. The predicted octanol–water partition coefficient (Wildman–Crippen LogP) is 1.06. The Morgan fingerprint density at radius 2 is 1.50 bits per heavy atom. The predicted molar refractivity (Wildman–Crippen MR) is 21.7 cm³/mol. The van der Waals surface area contributed by atoms with Crippen molar-refractivity contribution in [2.75, 3.05) is 0 Å². The molecule has 0 unspecified atom stereocenters. The summed E-state index contributed by atoms with van der Waals surface area (Å²) in [5.74, 6) is 0. The van der Waals surface area contributed by atoms with Crippen LogP contribution in [0.1, 0.15) is 6.92 Å². The molecule has 0 saturated carbocycles. The molecule has 0 aliphatic carbocycles. The van der Waals surface area contributed by atoms with Crippen LogP contribution in [0, 0.1) is 6.92 Å². The Labute approximate surface area is 36.2 Å². The molecule has 3 heteroatoms. The molecule has 1 radical (unpaired) electrons. The highest BCUT2D eigenvalue weighted by atomic mass is 16.6. The van der Waals surface area contributed by atoms with Crippen LogP contribution in [0.25, 0.3) is 0 Å². The van der Waals surface area contributed by atoms with Crippen molar-refractivity contribution in [2.24, 2.45) is 0 Å². The first-order valence-electron chi connectivity index (χ1n) is 1.36. The summed E-state index contributed by atoms with van der Waals surface area (Å²) in [5.41, 5.74) is 0. The molecule has 3 nitrogen and oxygen atoms in total. The summed E-state index contributed by atoms with van der Waals surface area (Å²) in [7, 11) is 0. The Hall–Kier alpha value is -0.730. The van der Waals surface area contributed by atoms with E-state index in [4.69, 9.17) is 15.0 Å². The lowest BCUT2D eigenvalue weighted by Crippen LogP contribution is -1.81. The minimum absolute atomic E-state index is 1.75. The van der Waals surface area contributed by atoms with Crippen LogP contribution >= 0.6 is 0 Å². The number of carbonyl (C=O) groups is 1. The Morgan fingerprint density at radius 1 is 1.50 bits per heavy atom. The zero-order valence-corrected chi connectivity index (χ0v) is 3.51. The zero-order valence-electron chi connectivity index (χ0n) is 3.51. The van der Waals surface area contributed by atoms with Crippen LogP contribution in [0.3, 0.4) is 0 Å². The molecule has 0 aliphatic rings. The van der Waals surface area contributed by atoms with Gasteiger partial charge in [0, 0.05) is 0 Å². The van der Waals surface area contributed by atoms with Crippen molar-refractivity contribution in [3.05, 3.63) is 6.92 Å². The molecule has 0 fully saturated rings. The number of carboxylic acid groups (broad SMARTS) is 2. The minimum Gasteiger partial charge on any atom is -0.450 e. The molecule has 0 heterocycles. The third kappa shape index (κ3) is 31.6. The molecule has 0 bridgehead atoms. The van der Waals surface area contributed by atoms with E-state index in [0.29, 0.717) is 0 Å². The third-order valence-corrected chi connectivity index (χ3v) is 0. The van der Waals surface area contributed by atoms with Gasteiger partial charge in [-0.1, -0.05) is 13.8 Å². The van der Waals surface area contributed by atoms with Crippen LogP contribution < -0.4 is 0 Å². The first-order chi connectivity index (χ1) is 2.73.